The summed E-state index contributed by atoms with van der Waals surface area (Å²) in [5.74, 6) is -3.01. The van der Waals surface area contributed by atoms with E-state index in [1.54, 1.807) is 20.8 Å². The summed E-state index contributed by atoms with van der Waals surface area (Å²) < 4.78 is 27.4. The molecule has 1 heterocycles. The Morgan fingerprint density at radius 3 is 2.38 bits per heavy atom. The lowest BCUT2D eigenvalue weighted by molar-refractivity contribution is -0.136. The van der Waals surface area contributed by atoms with Gasteiger partial charge in [-0.2, -0.15) is 0 Å². The number of piperazine rings is 1. The summed E-state index contributed by atoms with van der Waals surface area (Å²) >= 11 is 0. The van der Waals surface area contributed by atoms with E-state index in [1.807, 2.05) is 0 Å². The van der Waals surface area contributed by atoms with Crippen molar-refractivity contribution >= 4 is 17.5 Å². The molecule has 0 aromatic heterocycles. The third-order valence-electron chi connectivity index (χ3n) is 3.59. The van der Waals surface area contributed by atoms with E-state index in [2.05, 4.69) is 5.32 Å². The van der Waals surface area contributed by atoms with E-state index in [0.717, 1.165) is 11.0 Å². The van der Waals surface area contributed by atoms with Gasteiger partial charge in [-0.15, -0.1) is 0 Å². The van der Waals surface area contributed by atoms with Gasteiger partial charge in [0.05, 0.1) is 5.69 Å². The third-order valence-corrected chi connectivity index (χ3v) is 3.59. The molecule has 0 saturated carbocycles. The van der Waals surface area contributed by atoms with Gasteiger partial charge < -0.3 is 5.32 Å². The minimum absolute atomic E-state index is 0.211. The van der Waals surface area contributed by atoms with Crippen molar-refractivity contribution in [2.75, 3.05) is 4.90 Å². The normalized spacial score (nSPS) is 23.2. The van der Waals surface area contributed by atoms with Gasteiger partial charge in [-0.3, -0.25) is 14.5 Å². The summed E-state index contributed by atoms with van der Waals surface area (Å²) in [7, 11) is 0. The van der Waals surface area contributed by atoms with E-state index >= 15 is 0 Å². The Morgan fingerprint density at radius 2 is 1.81 bits per heavy atom. The van der Waals surface area contributed by atoms with Crippen LogP contribution in [0.5, 0.6) is 0 Å². The average molecular weight is 296 g/mol. The zero-order valence-corrected chi connectivity index (χ0v) is 12.4. The van der Waals surface area contributed by atoms with Crippen LogP contribution in [0.4, 0.5) is 14.5 Å². The van der Waals surface area contributed by atoms with Crippen LogP contribution in [-0.4, -0.2) is 23.9 Å². The van der Waals surface area contributed by atoms with Gasteiger partial charge in [-0.05, 0) is 24.5 Å². The number of carbonyl (C=O) groups excluding carboxylic acids is 2. The number of hydrogen-bond acceptors (Lipinski definition) is 2. The van der Waals surface area contributed by atoms with Crippen molar-refractivity contribution in [1.82, 2.24) is 5.32 Å². The zero-order valence-electron chi connectivity index (χ0n) is 12.4. The van der Waals surface area contributed by atoms with E-state index in [9.17, 15) is 18.4 Å². The van der Waals surface area contributed by atoms with Crippen molar-refractivity contribution in [3.63, 3.8) is 0 Å². The first-order valence-electron chi connectivity index (χ1n) is 6.72. The second kappa shape index (κ2) is 5.09. The van der Waals surface area contributed by atoms with Crippen LogP contribution in [0.3, 0.4) is 0 Å². The Kier molecular flexibility index (Phi) is 3.74. The number of rotatable bonds is 1. The summed E-state index contributed by atoms with van der Waals surface area (Å²) in [6, 6.07) is 1.90. The van der Waals surface area contributed by atoms with Crippen LogP contribution in [0.15, 0.2) is 18.2 Å². The van der Waals surface area contributed by atoms with Gasteiger partial charge >= 0.3 is 0 Å². The highest BCUT2D eigenvalue weighted by Gasteiger charge is 2.45. The van der Waals surface area contributed by atoms with E-state index < -0.39 is 40.9 Å². The van der Waals surface area contributed by atoms with Gasteiger partial charge in [0, 0.05) is 0 Å². The minimum atomic E-state index is -1.12. The first-order valence-corrected chi connectivity index (χ1v) is 6.72. The number of nitrogens with zero attached hydrogens (tertiary/aromatic N) is 1. The molecule has 0 aliphatic carbocycles. The highest BCUT2D eigenvalue weighted by molar-refractivity contribution is 6.08. The maximum absolute atomic E-state index is 14.0. The number of anilines is 1. The van der Waals surface area contributed by atoms with Crippen molar-refractivity contribution in [3.05, 3.63) is 29.8 Å². The van der Waals surface area contributed by atoms with Crippen molar-refractivity contribution in [2.45, 2.75) is 39.8 Å². The van der Waals surface area contributed by atoms with E-state index in [1.165, 1.54) is 19.1 Å². The van der Waals surface area contributed by atoms with Gasteiger partial charge in [0.15, 0.2) is 11.6 Å². The minimum Gasteiger partial charge on any atom is -0.342 e. The summed E-state index contributed by atoms with van der Waals surface area (Å²) in [6.45, 7) is 6.88. The maximum atomic E-state index is 14.0. The lowest BCUT2D eigenvalue weighted by atomic mass is 9.84. The molecule has 1 saturated heterocycles. The molecule has 2 amide bonds. The number of nitrogens with one attached hydrogen (secondary N) is 1. The number of benzene rings is 1. The molecule has 0 radical (unpaired) electrons. The molecule has 21 heavy (non-hydrogen) atoms. The Labute approximate surface area is 122 Å². The predicted molar refractivity (Wildman–Crippen MR) is 74.7 cm³/mol. The molecule has 0 bridgehead atoms. The fraction of sp³-hybridized carbons (Fsp3) is 0.467. The standard InChI is InChI=1S/C15H18F2N2O2/c1-8-13(20)18-12(15(2,3)4)14(21)19(8)10-7-5-6-9(16)11(10)17/h5-8,12H,1-4H3,(H,18,20). The summed E-state index contributed by atoms with van der Waals surface area (Å²) in [5.41, 5.74) is -0.744. The van der Waals surface area contributed by atoms with Crippen LogP contribution in [-0.2, 0) is 9.59 Å². The Bertz CT molecular complexity index is 596. The fourth-order valence-electron chi connectivity index (χ4n) is 2.36. The molecule has 1 aromatic carbocycles. The first kappa shape index (κ1) is 15.4. The zero-order chi connectivity index (χ0) is 15.9. The molecule has 1 N–H and O–H groups in total. The molecule has 2 atom stereocenters. The predicted octanol–water partition coefficient (Wildman–Crippen LogP) is 2.23. The number of carbonyl (C=O) groups is 2. The highest BCUT2D eigenvalue weighted by Crippen LogP contribution is 2.30. The van der Waals surface area contributed by atoms with Crippen molar-refractivity contribution in [3.8, 4) is 0 Å². The molecular formula is C15H18F2N2O2. The number of hydrogen-bond donors (Lipinski definition) is 1. The van der Waals surface area contributed by atoms with Gasteiger partial charge in [-0.25, -0.2) is 8.78 Å². The van der Waals surface area contributed by atoms with Crippen LogP contribution in [0.2, 0.25) is 0 Å². The number of amides is 2. The van der Waals surface area contributed by atoms with Crippen LogP contribution in [0.25, 0.3) is 0 Å². The fourth-order valence-corrected chi connectivity index (χ4v) is 2.36. The molecular weight excluding hydrogens is 278 g/mol. The molecule has 6 heteroatoms. The van der Waals surface area contributed by atoms with E-state index in [0.29, 0.717) is 0 Å². The van der Waals surface area contributed by atoms with Gasteiger partial charge in [0.2, 0.25) is 5.91 Å². The van der Waals surface area contributed by atoms with E-state index in [-0.39, 0.29) is 5.69 Å². The second-order valence-corrected chi connectivity index (χ2v) is 6.26. The SMILES string of the molecule is CC1C(=O)NC(C(C)(C)C)C(=O)N1c1cccc(F)c1F. The first-order chi connectivity index (χ1) is 9.64. The van der Waals surface area contributed by atoms with Crippen LogP contribution in [0, 0.1) is 17.0 Å². The molecule has 1 aliphatic rings. The summed E-state index contributed by atoms with van der Waals surface area (Å²) in [4.78, 5) is 25.7. The van der Waals surface area contributed by atoms with Crippen LogP contribution >= 0.6 is 0 Å². The quantitative estimate of drug-likeness (QED) is 0.864. The summed E-state index contributed by atoms with van der Waals surface area (Å²) in [6.07, 6.45) is 0. The largest absolute Gasteiger partial charge is 0.342 e. The molecule has 1 aliphatic heterocycles. The monoisotopic (exact) mass is 296 g/mol. The Balaban J connectivity index is 2.51. The van der Waals surface area contributed by atoms with Crippen molar-refractivity contribution in [1.29, 1.82) is 0 Å². The van der Waals surface area contributed by atoms with Gasteiger partial charge in [0.25, 0.3) is 5.91 Å². The summed E-state index contributed by atoms with van der Waals surface area (Å²) in [5, 5.41) is 2.64. The number of halogens is 2. The molecule has 1 aromatic rings. The molecule has 4 nitrogen and oxygen atoms in total. The lowest BCUT2D eigenvalue weighted by Gasteiger charge is -2.42. The van der Waals surface area contributed by atoms with Gasteiger partial charge in [0.1, 0.15) is 12.1 Å². The lowest BCUT2D eigenvalue weighted by Crippen LogP contribution is -2.66. The topological polar surface area (TPSA) is 49.4 Å². The third kappa shape index (κ3) is 2.62. The Hall–Kier alpha value is -1.98. The van der Waals surface area contributed by atoms with Crippen molar-refractivity contribution in [2.24, 2.45) is 5.41 Å². The molecule has 114 valence electrons. The molecule has 2 rings (SSSR count). The van der Waals surface area contributed by atoms with Crippen LogP contribution in [0.1, 0.15) is 27.7 Å². The molecule has 2 unspecified atom stereocenters. The molecule has 0 spiro atoms. The van der Waals surface area contributed by atoms with Crippen molar-refractivity contribution < 1.29 is 18.4 Å². The van der Waals surface area contributed by atoms with Crippen LogP contribution < -0.4 is 10.2 Å². The van der Waals surface area contributed by atoms with E-state index in [4.69, 9.17) is 0 Å². The maximum Gasteiger partial charge on any atom is 0.250 e. The Morgan fingerprint density at radius 1 is 1.19 bits per heavy atom. The average Bonchev–Trinajstić information content (AvgIpc) is 2.37. The molecule has 1 fully saturated rings. The highest BCUT2D eigenvalue weighted by atomic mass is 19.2. The second-order valence-electron chi connectivity index (χ2n) is 6.26. The van der Waals surface area contributed by atoms with Gasteiger partial charge in [-0.1, -0.05) is 26.8 Å². The smallest absolute Gasteiger partial charge is 0.250 e.